The van der Waals surface area contributed by atoms with E-state index in [9.17, 15) is 9.59 Å². The highest BCUT2D eigenvalue weighted by atomic mass is 32.1. The number of amides is 2. The van der Waals surface area contributed by atoms with Crippen LogP contribution in [0.4, 0.5) is 5.69 Å². The smallest absolute Gasteiger partial charge is 0.270 e. The minimum atomic E-state index is -0.554. The van der Waals surface area contributed by atoms with E-state index >= 15 is 0 Å². The standard InChI is InChI=1S/C34H30N2O4S/c1-4-9-25-18-23(19-29-32(37)35-34(41)36(33(29)38)27-16-14-22(5-2)15-17-27)20-30(39-3)31(25)40-21-26-12-8-11-24-10-6-7-13-28(24)26/h4,6-8,10-20H,1,5,9,21H2,2-3H3,(H,35,37,41)/b29-19+. The number of nitrogens with one attached hydrogen (secondary N) is 1. The Bertz CT molecular complexity index is 1690. The molecule has 0 saturated carbocycles. The van der Waals surface area contributed by atoms with Crippen molar-refractivity contribution in [2.45, 2.75) is 26.4 Å². The molecule has 4 aromatic rings. The molecule has 0 atom stereocenters. The number of benzene rings is 4. The van der Waals surface area contributed by atoms with Gasteiger partial charge >= 0.3 is 0 Å². The van der Waals surface area contributed by atoms with Gasteiger partial charge in [0.25, 0.3) is 11.8 Å². The van der Waals surface area contributed by atoms with Gasteiger partial charge in [-0.1, -0.05) is 67.6 Å². The Labute approximate surface area is 244 Å². The summed E-state index contributed by atoms with van der Waals surface area (Å²) in [5, 5.41) is 4.95. The first-order chi connectivity index (χ1) is 19.9. The second-order valence-electron chi connectivity index (χ2n) is 9.61. The highest BCUT2D eigenvalue weighted by Crippen LogP contribution is 2.36. The predicted octanol–water partition coefficient (Wildman–Crippen LogP) is 6.55. The molecule has 0 aliphatic carbocycles. The zero-order chi connectivity index (χ0) is 28.9. The Kier molecular flexibility index (Phi) is 8.26. The van der Waals surface area contributed by atoms with E-state index in [1.54, 1.807) is 25.3 Å². The second-order valence-corrected chi connectivity index (χ2v) is 10.00. The summed E-state index contributed by atoms with van der Waals surface area (Å²) < 4.78 is 12.1. The van der Waals surface area contributed by atoms with Crippen molar-refractivity contribution >= 4 is 51.7 Å². The molecule has 1 heterocycles. The van der Waals surface area contributed by atoms with Gasteiger partial charge in [0.1, 0.15) is 12.2 Å². The van der Waals surface area contributed by atoms with Crippen LogP contribution in [-0.4, -0.2) is 24.0 Å². The number of ether oxygens (including phenoxy) is 2. The molecule has 5 rings (SSSR count). The summed E-state index contributed by atoms with van der Waals surface area (Å²) in [7, 11) is 1.56. The molecule has 0 aromatic heterocycles. The lowest BCUT2D eigenvalue weighted by Crippen LogP contribution is -2.54. The molecule has 1 aliphatic heterocycles. The molecule has 2 amide bonds. The van der Waals surface area contributed by atoms with Crippen molar-refractivity contribution in [3.8, 4) is 11.5 Å². The summed E-state index contributed by atoms with van der Waals surface area (Å²) in [4.78, 5) is 27.8. The first kappa shape index (κ1) is 27.8. The molecule has 1 N–H and O–H groups in total. The molecule has 1 saturated heterocycles. The molecule has 0 radical (unpaired) electrons. The Balaban J connectivity index is 1.48. The molecule has 1 aliphatic rings. The van der Waals surface area contributed by atoms with E-state index in [1.165, 1.54) is 4.90 Å². The van der Waals surface area contributed by atoms with E-state index in [0.29, 0.717) is 35.8 Å². The predicted molar refractivity (Wildman–Crippen MR) is 167 cm³/mol. The molecule has 0 bridgehead atoms. The van der Waals surface area contributed by atoms with Gasteiger partial charge in [0, 0.05) is 5.56 Å². The molecule has 1 fully saturated rings. The van der Waals surface area contributed by atoms with Gasteiger partial charge in [0.15, 0.2) is 16.6 Å². The van der Waals surface area contributed by atoms with Gasteiger partial charge in [-0.15, -0.1) is 6.58 Å². The number of carbonyl (C=O) groups excluding carboxylic acids is 2. The van der Waals surface area contributed by atoms with Crippen molar-refractivity contribution in [1.29, 1.82) is 0 Å². The minimum Gasteiger partial charge on any atom is -0.493 e. The van der Waals surface area contributed by atoms with Crippen LogP contribution < -0.4 is 19.7 Å². The Hall–Kier alpha value is -4.75. The summed E-state index contributed by atoms with van der Waals surface area (Å²) >= 11 is 5.35. The molecule has 6 nitrogen and oxygen atoms in total. The number of fused-ring (bicyclic) bond motifs is 1. The fraction of sp³-hybridized carbons (Fsp3) is 0.147. The Morgan fingerprint density at radius 2 is 1.73 bits per heavy atom. The number of hydrogen-bond donors (Lipinski definition) is 1. The van der Waals surface area contributed by atoms with Gasteiger partial charge in [-0.2, -0.15) is 0 Å². The van der Waals surface area contributed by atoms with Crippen LogP contribution in [0.3, 0.4) is 0 Å². The second kappa shape index (κ2) is 12.2. The first-order valence-electron chi connectivity index (χ1n) is 13.3. The van der Waals surface area contributed by atoms with E-state index in [1.807, 2.05) is 54.6 Å². The van der Waals surface area contributed by atoms with E-state index in [0.717, 1.165) is 33.9 Å². The lowest BCUT2D eigenvalue weighted by Gasteiger charge is -2.29. The maximum atomic E-state index is 13.5. The minimum absolute atomic E-state index is 0.0332. The zero-order valence-corrected chi connectivity index (χ0v) is 23.8. The fourth-order valence-corrected chi connectivity index (χ4v) is 5.18. The third-order valence-electron chi connectivity index (χ3n) is 7.01. The summed E-state index contributed by atoms with van der Waals surface area (Å²) in [6, 6.07) is 25.5. The molecule has 41 heavy (non-hydrogen) atoms. The highest BCUT2D eigenvalue weighted by molar-refractivity contribution is 7.80. The van der Waals surface area contributed by atoms with E-state index < -0.39 is 11.8 Å². The van der Waals surface area contributed by atoms with Crippen LogP contribution in [0.15, 0.2) is 97.1 Å². The summed E-state index contributed by atoms with van der Waals surface area (Å²) in [5.74, 6) is 0.0221. The molecular weight excluding hydrogens is 532 g/mol. The van der Waals surface area contributed by atoms with Crippen molar-refractivity contribution in [1.82, 2.24) is 5.32 Å². The van der Waals surface area contributed by atoms with Crippen molar-refractivity contribution in [2.75, 3.05) is 12.0 Å². The number of methoxy groups -OCH3 is 1. The van der Waals surface area contributed by atoms with Crippen LogP contribution in [0, 0.1) is 0 Å². The largest absolute Gasteiger partial charge is 0.493 e. The van der Waals surface area contributed by atoms with Crippen LogP contribution >= 0.6 is 12.2 Å². The third kappa shape index (κ3) is 5.76. The van der Waals surface area contributed by atoms with Crippen molar-refractivity contribution in [3.05, 3.63) is 119 Å². The van der Waals surface area contributed by atoms with Crippen molar-refractivity contribution in [3.63, 3.8) is 0 Å². The van der Waals surface area contributed by atoms with Crippen LogP contribution in [0.5, 0.6) is 11.5 Å². The van der Waals surface area contributed by atoms with Crippen LogP contribution in [0.2, 0.25) is 0 Å². The maximum Gasteiger partial charge on any atom is 0.270 e. The number of aryl methyl sites for hydroxylation is 1. The molecule has 0 spiro atoms. The van der Waals surface area contributed by atoms with Crippen molar-refractivity contribution in [2.24, 2.45) is 0 Å². The Morgan fingerprint density at radius 3 is 2.46 bits per heavy atom. The van der Waals surface area contributed by atoms with Gasteiger partial charge in [-0.3, -0.25) is 19.8 Å². The lowest BCUT2D eigenvalue weighted by atomic mass is 10.0. The van der Waals surface area contributed by atoms with Crippen molar-refractivity contribution < 1.29 is 19.1 Å². The average molecular weight is 563 g/mol. The molecule has 0 unspecified atom stereocenters. The van der Waals surface area contributed by atoms with Gasteiger partial charge in [-0.05, 0) is 82.9 Å². The summed E-state index contributed by atoms with van der Waals surface area (Å²) in [5.41, 5.74) is 4.17. The number of anilines is 1. The fourth-order valence-electron chi connectivity index (χ4n) is 4.90. The summed E-state index contributed by atoms with van der Waals surface area (Å²) in [6.07, 6.45) is 4.70. The molecule has 206 valence electrons. The molecule has 7 heteroatoms. The number of nitrogens with zero attached hydrogens (tertiary/aromatic N) is 1. The van der Waals surface area contributed by atoms with E-state index in [4.69, 9.17) is 21.7 Å². The van der Waals surface area contributed by atoms with Gasteiger partial charge < -0.3 is 9.47 Å². The number of hydrogen-bond acceptors (Lipinski definition) is 5. The number of allylic oxidation sites excluding steroid dienone is 1. The SMILES string of the molecule is C=CCc1cc(/C=C2\C(=O)NC(=S)N(c3ccc(CC)cc3)C2=O)cc(OC)c1OCc1cccc2ccccc12. The molecular formula is C34H30N2O4S. The van der Waals surface area contributed by atoms with Gasteiger partial charge in [-0.25, -0.2) is 0 Å². The maximum absolute atomic E-state index is 13.5. The lowest BCUT2D eigenvalue weighted by molar-refractivity contribution is -0.122. The average Bonchev–Trinajstić information content (AvgIpc) is 2.99. The highest BCUT2D eigenvalue weighted by Gasteiger charge is 2.34. The number of rotatable bonds is 9. The number of carbonyl (C=O) groups is 2. The quantitative estimate of drug-likeness (QED) is 0.108. The van der Waals surface area contributed by atoms with E-state index in [2.05, 4.69) is 37.0 Å². The van der Waals surface area contributed by atoms with E-state index in [-0.39, 0.29) is 10.7 Å². The molecule has 4 aromatic carbocycles. The van der Waals surface area contributed by atoms with Gasteiger partial charge in [0.05, 0.1) is 12.8 Å². The van der Waals surface area contributed by atoms with Crippen LogP contribution in [-0.2, 0) is 29.0 Å². The Morgan fingerprint density at radius 1 is 0.976 bits per heavy atom. The number of thiocarbonyl (C=S) groups is 1. The third-order valence-corrected chi connectivity index (χ3v) is 7.29. The monoisotopic (exact) mass is 562 g/mol. The zero-order valence-electron chi connectivity index (χ0n) is 23.0. The topological polar surface area (TPSA) is 67.9 Å². The normalized spacial score (nSPS) is 14.3. The van der Waals surface area contributed by atoms with Crippen LogP contribution in [0.25, 0.3) is 16.8 Å². The first-order valence-corrected chi connectivity index (χ1v) is 13.8. The van der Waals surface area contributed by atoms with Crippen LogP contribution in [0.1, 0.15) is 29.2 Å². The summed E-state index contributed by atoms with van der Waals surface area (Å²) in [6.45, 7) is 6.29. The van der Waals surface area contributed by atoms with Gasteiger partial charge in [0.2, 0.25) is 0 Å².